The molecular formula is C14H21Cl3N2O2. The summed E-state index contributed by atoms with van der Waals surface area (Å²) in [6, 6.07) is 0. The summed E-state index contributed by atoms with van der Waals surface area (Å²) in [6.07, 6.45) is 7.47. The molecule has 1 fully saturated rings. The van der Waals surface area contributed by atoms with Crippen molar-refractivity contribution in [1.82, 2.24) is 4.90 Å². The summed E-state index contributed by atoms with van der Waals surface area (Å²) in [5.41, 5.74) is 2.21. The first-order valence-electron chi connectivity index (χ1n) is 7.55. The van der Waals surface area contributed by atoms with Crippen molar-refractivity contribution in [3.63, 3.8) is 0 Å². The van der Waals surface area contributed by atoms with E-state index < -0.39 is 9.71 Å². The summed E-state index contributed by atoms with van der Waals surface area (Å²) < 4.78 is -1.62. The Hall–Kier alpha value is -0.190. The molecule has 2 rings (SSSR count). The smallest absolute Gasteiger partial charge is 0.214 e. The van der Waals surface area contributed by atoms with Gasteiger partial charge in [0, 0.05) is 23.7 Å². The number of nitrogens with zero attached hydrogens (tertiary/aromatic N) is 2. The van der Waals surface area contributed by atoms with Crippen molar-refractivity contribution in [2.45, 2.75) is 48.7 Å². The normalized spacial score (nSPS) is 22.3. The standard InChI is InChI=1S/C14H21Cl3N2O2/c15-14(16,17)12(10-19(20)21)11-6-2-3-7-13(11)18-8-4-1-5-9-18/h12H,1-10H2. The summed E-state index contributed by atoms with van der Waals surface area (Å²) in [5.74, 6) is -0.630. The number of hydrogen-bond donors (Lipinski definition) is 0. The molecule has 1 atom stereocenters. The van der Waals surface area contributed by atoms with Crippen molar-refractivity contribution in [1.29, 1.82) is 0 Å². The van der Waals surface area contributed by atoms with Gasteiger partial charge in [-0.15, -0.1) is 0 Å². The summed E-state index contributed by atoms with van der Waals surface area (Å²) >= 11 is 18.2. The minimum atomic E-state index is -1.62. The van der Waals surface area contributed by atoms with Gasteiger partial charge in [-0.1, -0.05) is 34.8 Å². The van der Waals surface area contributed by atoms with Crippen LogP contribution < -0.4 is 0 Å². The van der Waals surface area contributed by atoms with Gasteiger partial charge in [0.25, 0.3) is 0 Å². The second kappa shape index (κ2) is 7.38. The molecule has 0 aromatic carbocycles. The molecule has 21 heavy (non-hydrogen) atoms. The van der Waals surface area contributed by atoms with Crippen LogP contribution in [0.1, 0.15) is 44.9 Å². The molecule has 0 bridgehead atoms. The van der Waals surface area contributed by atoms with Gasteiger partial charge >= 0.3 is 0 Å². The third kappa shape index (κ3) is 4.64. The number of alkyl halides is 3. The molecular weight excluding hydrogens is 335 g/mol. The van der Waals surface area contributed by atoms with Crippen LogP contribution in [0.5, 0.6) is 0 Å². The molecule has 0 radical (unpaired) electrons. The maximum Gasteiger partial charge on any atom is 0.214 e. The zero-order chi connectivity index (χ0) is 15.5. The molecule has 1 aliphatic heterocycles. The van der Waals surface area contributed by atoms with Gasteiger partial charge in [-0.25, -0.2) is 0 Å². The molecule has 0 spiro atoms. The Kier molecular flexibility index (Phi) is 6.04. The lowest BCUT2D eigenvalue weighted by atomic mass is 9.86. The van der Waals surface area contributed by atoms with Gasteiger partial charge in [0.15, 0.2) is 0 Å². The van der Waals surface area contributed by atoms with Crippen LogP contribution in [0.2, 0.25) is 0 Å². The summed E-state index contributed by atoms with van der Waals surface area (Å²) in [4.78, 5) is 13.0. The first kappa shape index (κ1) is 17.2. The number of nitro groups is 1. The zero-order valence-corrected chi connectivity index (χ0v) is 14.3. The molecule has 1 heterocycles. The SMILES string of the molecule is O=[N+]([O-])CC(C1=C(N2CCCCC2)CCCC1)C(Cl)(Cl)Cl. The Morgan fingerprint density at radius 1 is 1.10 bits per heavy atom. The fraction of sp³-hybridized carbons (Fsp3) is 0.857. The lowest BCUT2D eigenvalue weighted by Gasteiger charge is -2.37. The number of likely N-dealkylation sites (tertiary alicyclic amines) is 1. The number of halogens is 3. The van der Waals surface area contributed by atoms with Gasteiger partial charge in [-0.05, 0) is 50.5 Å². The van der Waals surface area contributed by atoms with Crippen LogP contribution in [0.25, 0.3) is 0 Å². The zero-order valence-electron chi connectivity index (χ0n) is 12.0. The third-order valence-electron chi connectivity index (χ3n) is 4.37. The maximum absolute atomic E-state index is 11.0. The van der Waals surface area contributed by atoms with Gasteiger partial charge in [-0.3, -0.25) is 10.1 Å². The second-order valence-electron chi connectivity index (χ2n) is 5.84. The quantitative estimate of drug-likeness (QED) is 0.422. The minimum absolute atomic E-state index is 0.316. The molecule has 0 aromatic rings. The van der Waals surface area contributed by atoms with Gasteiger partial charge in [0.2, 0.25) is 10.3 Å². The van der Waals surface area contributed by atoms with E-state index in [0.717, 1.165) is 44.3 Å². The molecule has 1 unspecified atom stereocenters. The van der Waals surface area contributed by atoms with E-state index in [9.17, 15) is 10.1 Å². The van der Waals surface area contributed by atoms with Crippen molar-refractivity contribution in [2.75, 3.05) is 19.6 Å². The highest BCUT2D eigenvalue weighted by Crippen LogP contribution is 2.44. The van der Waals surface area contributed by atoms with Crippen LogP contribution in [-0.4, -0.2) is 33.3 Å². The summed E-state index contributed by atoms with van der Waals surface area (Å²) in [7, 11) is 0. The van der Waals surface area contributed by atoms with E-state index in [1.165, 1.54) is 25.0 Å². The molecule has 1 aliphatic carbocycles. The molecule has 2 aliphatic rings. The molecule has 0 saturated carbocycles. The monoisotopic (exact) mass is 354 g/mol. The average Bonchev–Trinajstić information content (AvgIpc) is 2.44. The third-order valence-corrected chi connectivity index (χ3v) is 5.16. The van der Waals surface area contributed by atoms with Crippen molar-refractivity contribution in [3.8, 4) is 0 Å². The Bertz CT molecular complexity index is 415. The predicted octanol–water partition coefficient (Wildman–Crippen LogP) is 4.56. The second-order valence-corrected chi connectivity index (χ2v) is 8.21. The molecule has 0 N–H and O–H groups in total. The van der Waals surface area contributed by atoms with Crippen LogP contribution in [0.3, 0.4) is 0 Å². The molecule has 120 valence electrons. The van der Waals surface area contributed by atoms with Crippen molar-refractivity contribution < 1.29 is 4.92 Å². The lowest BCUT2D eigenvalue weighted by Crippen LogP contribution is -2.36. The van der Waals surface area contributed by atoms with Gasteiger partial charge in [0.05, 0.1) is 5.92 Å². The van der Waals surface area contributed by atoms with E-state index in [2.05, 4.69) is 4.90 Å². The highest BCUT2D eigenvalue weighted by atomic mass is 35.6. The highest BCUT2D eigenvalue weighted by Gasteiger charge is 2.41. The fourth-order valence-corrected chi connectivity index (χ4v) is 3.98. The van der Waals surface area contributed by atoms with Crippen LogP contribution in [0.15, 0.2) is 11.3 Å². The van der Waals surface area contributed by atoms with Crippen LogP contribution in [-0.2, 0) is 0 Å². The maximum atomic E-state index is 11.0. The van der Waals surface area contributed by atoms with Crippen LogP contribution in [0, 0.1) is 16.0 Å². The van der Waals surface area contributed by atoms with E-state index in [0.29, 0.717) is 0 Å². The molecule has 0 aromatic heterocycles. The molecule has 0 amide bonds. The van der Waals surface area contributed by atoms with Crippen molar-refractivity contribution in [3.05, 3.63) is 21.4 Å². The fourth-order valence-electron chi connectivity index (χ4n) is 3.37. The number of allylic oxidation sites excluding steroid dienone is 1. The van der Waals surface area contributed by atoms with Gasteiger partial charge in [0.1, 0.15) is 0 Å². The number of piperidine rings is 1. The molecule has 4 nitrogen and oxygen atoms in total. The summed E-state index contributed by atoms with van der Waals surface area (Å²) in [6.45, 7) is 1.72. The van der Waals surface area contributed by atoms with Crippen LogP contribution >= 0.6 is 34.8 Å². The minimum Gasteiger partial charge on any atom is -0.375 e. The van der Waals surface area contributed by atoms with E-state index >= 15 is 0 Å². The Morgan fingerprint density at radius 2 is 1.71 bits per heavy atom. The first-order chi connectivity index (χ1) is 9.89. The van der Waals surface area contributed by atoms with Crippen molar-refractivity contribution in [2.24, 2.45) is 5.92 Å². The molecule has 7 heteroatoms. The molecule has 1 saturated heterocycles. The van der Waals surface area contributed by atoms with Gasteiger partial charge in [-0.2, -0.15) is 0 Å². The van der Waals surface area contributed by atoms with Crippen LogP contribution in [0.4, 0.5) is 0 Å². The van der Waals surface area contributed by atoms with Gasteiger partial charge < -0.3 is 4.90 Å². The Balaban J connectivity index is 2.31. The number of hydrogen-bond acceptors (Lipinski definition) is 3. The Labute approximate surface area is 140 Å². The largest absolute Gasteiger partial charge is 0.375 e. The van der Waals surface area contributed by atoms with E-state index in [-0.39, 0.29) is 11.5 Å². The van der Waals surface area contributed by atoms with E-state index in [1.807, 2.05) is 0 Å². The predicted molar refractivity (Wildman–Crippen MR) is 86.6 cm³/mol. The summed E-state index contributed by atoms with van der Waals surface area (Å²) in [5, 5.41) is 11.0. The van der Waals surface area contributed by atoms with Crippen molar-refractivity contribution >= 4 is 34.8 Å². The number of rotatable bonds is 4. The first-order valence-corrected chi connectivity index (χ1v) is 8.68. The van der Waals surface area contributed by atoms with E-state index in [1.54, 1.807) is 0 Å². The average molecular weight is 356 g/mol. The lowest BCUT2D eigenvalue weighted by molar-refractivity contribution is -0.486. The topological polar surface area (TPSA) is 46.4 Å². The highest BCUT2D eigenvalue weighted by molar-refractivity contribution is 6.67. The Morgan fingerprint density at radius 3 is 2.29 bits per heavy atom. The van der Waals surface area contributed by atoms with E-state index in [4.69, 9.17) is 34.8 Å².